The summed E-state index contributed by atoms with van der Waals surface area (Å²) in [5.41, 5.74) is 0. The van der Waals surface area contributed by atoms with Gasteiger partial charge in [0.1, 0.15) is 6.04 Å². The van der Waals surface area contributed by atoms with E-state index in [1.54, 1.807) is 0 Å². The first-order chi connectivity index (χ1) is 4.61. The van der Waals surface area contributed by atoms with Crippen LogP contribution in [-0.2, 0) is 0 Å². The number of nitrogens with one attached hydrogen (secondary N) is 1. The molecule has 0 aromatic heterocycles. The maximum absolute atomic E-state index is 11.9. The molecule has 1 unspecified atom stereocenters. The van der Waals surface area contributed by atoms with Crippen LogP contribution in [0.1, 0.15) is 19.3 Å². The van der Waals surface area contributed by atoms with Crippen molar-refractivity contribution < 1.29 is 13.2 Å². The molecule has 1 nitrogen and oxygen atoms in total. The van der Waals surface area contributed by atoms with Crippen molar-refractivity contribution in [3.8, 4) is 0 Å². The van der Waals surface area contributed by atoms with Crippen LogP contribution in [0, 0.1) is 0 Å². The summed E-state index contributed by atoms with van der Waals surface area (Å²) >= 11 is 0. The Morgan fingerprint density at radius 1 is 1.18 bits per heavy atom. The van der Waals surface area contributed by atoms with Gasteiger partial charge in [-0.1, -0.05) is 6.42 Å². The molecule has 11 heavy (non-hydrogen) atoms. The number of hydrogen-bond acceptors (Lipinski definition) is 1. The van der Waals surface area contributed by atoms with Crippen LogP contribution in [0.15, 0.2) is 0 Å². The Bertz CT molecular complexity index is 109. The lowest BCUT2D eigenvalue weighted by atomic mass is 10.1. The van der Waals surface area contributed by atoms with Crippen molar-refractivity contribution >= 4 is 12.4 Å². The highest BCUT2D eigenvalue weighted by atomic mass is 35.5. The summed E-state index contributed by atoms with van der Waals surface area (Å²) in [5.74, 6) is 0. The molecule has 1 rings (SSSR count). The molecule has 1 N–H and O–H groups in total. The third-order valence-corrected chi connectivity index (χ3v) is 1.71. The second kappa shape index (κ2) is 4.16. The molecule has 0 aliphatic carbocycles. The van der Waals surface area contributed by atoms with Gasteiger partial charge in [0.05, 0.1) is 0 Å². The van der Waals surface area contributed by atoms with Gasteiger partial charge in [-0.3, -0.25) is 0 Å². The predicted molar refractivity (Wildman–Crippen MR) is 38.9 cm³/mol. The van der Waals surface area contributed by atoms with E-state index >= 15 is 0 Å². The molecule has 0 bridgehead atoms. The highest BCUT2D eigenvalue weighted by Gasteiger charge is 2.39. The fourth-order valence-electron chi connectivity index (χ4n) is 1.13. The molecule has 0 aromatic rings. The van der Waals surface area contributed by atoms with E-state index in [0.717, 1.165) is 6.42 Å². The molecule has 5 heteroatoms. The summed E-state index contributed by atoms with van der Waals surface area (Å²) in [5, 5.41) is 2.43. The Balaban J connectivity index is 0.000001000. The Morgan fingerprint density at radius 2 is 1.82 bits per heavy atom. The van der Waals surface area contributed by atoms with Crippen molar-refractivity contribution in [3.63, 3.8) is 0 Å². The quantitative estimate of drug-likeness (QED) is 0.616. The predicted octanol–water partition coefficient (Wildman–Crippen LogP) is 2.11. The number of halogens is 4. The zero-order valence-corrected chi connectivity index (χ0v) is 6.76. The zero-order chi connectivity index (χ0) is 7.61. The summed E-state index contributed by atoms with van der Waals surface area (Å²) in [6.07, 6.45) is -2.24. The molecule has 1 fully saturated rings. The molecule has 0 spiro atoms. The van der Waals surface area contributed by atoms with Crippen molar-refractivity contribution in [1.29, 1.82) is 0 Å². The third kappa shape index (κ3) is 3.29. The van der Waals surface area contributed by atoms with Crippen molar-refractivity contribution in [1.82, 2.24) is 5.32 Å². The fraction of sp³-hybridized carbons (Fsp3) is 1.00. The number of hydrogen-bond donors (Lipinski definition) is 1. The minimum absolute atomic E-state index is 0. The summed E-state index contributed by atoms with van der Waals surface area (Å²) in [7, 11) is 0. The molecule has 1 atom stereocenters. The van der Waals surface area contributed by atoms with Gasteiger partial charge in [0, 0.05) is 0 Å². The highest BCUT2D eigenvalue weighted by Crippen LogP contribution is 2.25. The average Bonchev–Trinajstić information content (AvgIpc) is 1.88. The average molecular weight is 190 g/mol. The van der Waals surface area contributed by atoms with E-state index < -0.39 is 12.2 Å². The standard InChI is InChI=1S/C6H10F3N.ClH/c7-6(8,9)5-3-1-2-4-10-5;/h5,10H,1-4H2;1H. The van der Waals surface area contributed by atoms with Gasteiger partial charge < -0.3 is 5.32 Å². The smallest absolute Gasteiger partial charge is 0.306 e. The van der Waals surface area contributed by atoms with E-state index in [1.165, 1.54) is 0 Å². The van der Waals surface area contributed by atoms with Crippen molar-refractivity contribution in [3.05, 3.63) is 0 Å². The molecule has 1 heterocycles. The van der Waals surface area contributed by atoms with E-state index in [1.807, 2.05) is 0 Å². The van der Waals surface area contributed by atoms with Crippen LogP contribution in [0.4, 0.5) is 13.2 Å². The topological polar surface area (TPSA) is 12.0 Å². The van der Waals surface area contributed by atoms with Crippen LogP contribution >= 0.6 is 12.4 Å². The normalized spacial score (nSPS) is 25.9. The largest absolute Gasteiger partial charge is 0.403 e. The zero-order valence-electron chi connectivity index (χ0n) is 5.95. The van der Waals surface area contributed by atoms with E-state index in [0.29, 0.717) is 13.0 Å². The van der Waals surface area contributed by atoms with Crippen LogP contribution in [0.2, 0.25) is 0 Å². The second-order valence-electron chi connectivity index (χ2n) is 2.54. The Kier molecular flexibility index (Phi) is 4.18. The first-order valence-corrected chi connectivity index (χ1v) is 3.41. The van der Waals surface area contributed by atoms with Crippen LogP contribution in [0.25, 0.3) is 0 Å². The van der Waals surface area contributed by atoms with E-state index in [2.05, 4.69) is 5.32 Å². The van der Waals surface area contributed by atoms with Gasteiger partial charge in [0.25, 0.3) is 0 Å². The van der Waals surface area contributed by atoms with Gasteiger partial charge in [-0.2, -0.15) is 13.2 Å². The Hall–Kier alpha value is 0.0400. The third-order valence-electron chi connectivity index (χ3n) is 1.71. The molecule has 1 aliphatic heterocycles. The van der Waals surface area contributed by atoms with Gasteiger partial charge in [0.15, 0.2) is 0 Å². The fourth-order valence-corrected chi connectivity index (χ4v) is 1.13. The minimum Gasteiger partial charge on any atom is -0.306 e. The Labute approximate surface area is 69.8 Å². The second-order valence-corrected chi connectivity index (χ2v) is 2.54. The molecule has 1 saturated heterocycles. The molecule has 0 amide bonds. The van der Waals surface area contributed by atoms with Crippen LogP contribution in [0.3, 0.4) is 0 Å². The molecule has 0 saturated carbocycles. The van der Waals surface area contributed by atoms with E-state index in [4.69, 9.17) is 0 Å². The van der Waals surface area contributed by atoms with Gasteiger partial charge in [0.2, 0.25) is 0 Å². The van der Waals surface area contributed by atoms with Gasteiger partial charge in [-0.15, -0.1) is 12.4 Å². The molecular formula is C6H11ClF3N. The molecule has 1 aliphatic rings. The first kappa shape index (κ1) is 11.0. The van der Waals surface area contributed by atoms with Gasteiger partial charge >= 0.3 is 6.18 Å². The van der Waals surface area contributed by atoms with E-state index in [9.17, 15) is 13.2 Å². The summed E-state index contributed by atoms with van der Waals surface area (Å²) < 4.78 is 35.6. The van der Waals surface area contributed by atoms with Crippen molar-refractivity contribution in [2.24, 2.45) is 0 Å². The summed E-state index contributed by atoms with van der Waals surface area (Å²) in [4.78, 5) is 0. The van der Waals surface area contributed by atoms with Crippen LogP contribution in [-0.4, -0.2) is 18.8 Å². The minimum atomic E-state index is -4.04. The van der Waals surface area contributed by atoms with Gasteiger partial charge in [-0.05, 0) is 19.4 Å². The monoisotopic (exact) mass is 189 g/mol. The number of piperidine rings is 1. The van der Waals surface area contributed by atoms with Crippen LogP contribution in [0.5, 0.6) is 0 Å². The number of rotatable bonds is 0. The number of alkyl halides is 3. The molecule has 0 aromatic carbocycles. The summed E-state index contributed by atoms with van der Waals surface area (Å²) in [6.45, 7) is 0.504. The van der Waals surface area contributed by atoms with Crippen LogP contribution < -0.4 is 5.32 Å². The van der Waals surface area contributed by atoms with E-state index in [-0.39, 0.29) is 18.8 Å². The van der Waals surface area contributed by atoms with Crippen molar-refractivity contribution in [2.75, 3.05) is 6.54 Å². The lowest BCUT2D eigenvalue weighted by Crippen LogP contribution is -2.45. The summed E-state index contributed by atoms with van der Waals surface area (Å²) in [6, 6.07) is -1.25. The lowest BCUT2D eigenvalue weighted by molar-refractivity contribution is -0.160. The highest BCUT2D eigenvalue weighted by molar-refractivity contribution is 5.85. The van der Waals surface area contributed by atoms with Crippen molar-refractivity contribution in [2.45, 2.75) is 31.5 Å². The Morgan fingerprint density at radius 3 is 2.09 bits per heavy atom. The molecule has 0 radical (unpaired) electrons. The molecular weight excluding hydrogens is 179 g/mol. The maximum Gasteiger partial charge on any atom is 0.403 e. The molecule has 68 valence electrons. The maximum atomic E-state index is 11.9. The van der Waals surface area contributed by atoms with Gasteiger partial charge in [-0.25, -0.2) is 0 Å². The first-order valence-electron chi connectivity index (χ1n) is 3.41. The lowest BCUT2D eigenvalue weighted by Gasteiger charge is -2.25. The SMILES string of the molecule is Cl.FC(F)(F)C1CCCCN1.